The Morgan fingerprint density at radius 2 is 1.50 bits per heavy atom. The number of carbonyl (C=O) groups excluding carboxylic acids is 2. The minimum absolute atomic E-state index is 0.104. The molecular formula is C19H16O3. The Balaban J connectivity index is 2.02. The van der Waals surface area contributed by atoms with Crippen molar-refractivity contribution in [1.29, 1.82) is 0 Å². The van der Waals surface area contributed by atoms with Gasteiger partial charge in [0.2, 0.25) is 0 Å². The minimum atomic E-state index is -1.06. The molecule has 1 saturated carbocycles. The molecule has 1 aliphatic heterocycles. The third-order valence-electron chi connectivity index (χ3n) is 5.30. The van der Waals surface area contributed by atoms with Crippen molar-refractivity contribution < 1.29 is 14.3 Å². The van der Waals surface area contributed by atoms with Crippen LogP contribution in [0.3, 0.4) is 0 Å². The molecule has 1 heterocycles. The lowest BCUT2D eigenvalue weighted by molar-refractivity contribution is -0.149. The molecule has 110 valence electrons. The summed E-state index contributed by atoms with van der Waals surface area (Å²) in [5.41, 5.74) is 0.378. The van der Waals surface area contributed by atoms with Gasteiger partial charge in [-0.25, -0.2) is 0 Å². The highest BCUT2D eigenvalue weighted by molar-refractivity contribution is 6.12. The monoisotopic (exact) mass is 292 g/mol. The molecule has 2 aliphatic rings. The average Bonchev–Trinajstić information content (AvgIpc) is 3.05. The maximum absolute atomic E-state index is 12.5. The lowest BCUT2D eigenvalue weighted by atomic mass is 9.78. The largest absolute Gasteiger partial charge is 0.464 e. The molecular weight excluding hydrogens is 276 g/mol. The second kappa shape index (κ2) is 4.29. The third-order valence-corrected chi connectivity index (χ3v) is 5.30. The van der Waals surface area contributed by atoms with E-state index < -0.39 is 10.8 Å². The molecule has 0 aromatic heterocycles. The van der Waals surface area contributed by atoms with Crippen molar-refractivity contribution >= 4 is 11.8 Å². The van der Waals surface area contributed by atoms with Crippen molar-refractivity contribution in [3.8, 4) is 0 Å². The number of carbonyl (C=O) groups is 2. The first-order chi connectivity index (χ1) is 10.7. The van der Waals surface area contributed by atoms with Crippen LogP contribution < -0.4 is 0 Å². The summed E-state index contributed by atoms with van der Waals surface area (Å²) in [7, 11) is 0. The van der Waals surface area contributed by atoms with Gasteiger partial charge >= 0.3 is 5.97 Å². The normalized spacial score (nSPS) is 27.9. The van der Waals surface area contributed by atoms with E-state index in [1.165, 1.54) is 6.92 Å². The Bertz CT molecular complexity index is 711. The van der Waals surface area contributed by atoms with Crippen LogP contribution in [0.15, 0.2) is 60.7 Å². The zero-order valence-electron chi connectivity index (χ0n) is 12.3. The SMILES string of the molecule is CC(=O)C12C(=O)OCC1C2(c1ccccc1)c1ccccc1. The average molecular weight is 292 g/mol. The fourth-order valence-corrected chi connectivity index (χ4v) is 4.47. The standard InChI is InChI=1S/C19H16O3/c1-13(20)18-16(12-22-17(18)21)19(18,14-8-4-2-5-9-14)15-10-6-3-7-11-15/h2-11,16H,12H2,1H3. The Hall–Kier alpha value is -2.42. The molecule has 0 radical (unpaired) electrons. The molecule has 4 rings (SSSR count). The Labute approximate surface area is 128 Å². The summed E-state index contributed by atoms with van der Waals surface area (Å²) in [4.78, 5) is 25.0. The molecule has 0 bridgehead atoms. The lowest BCUT2D eigenvalue weighted by Gasteiger charge is -2.25. The van der Waals surface area contributed by atoms with Gasteiger partial charge in [0.25, 0.3) is 0 Å². The van der Waals surface area contributed by atoms with Gasteiger partial charge in [-0.15, -0.1) is 0 Å². The van der Waals surface area contributed by atoms with Crippen molar-refractivity contribution in [3.63, 3.8) is 0 Å². The molecule has 3 nitrogen and oxygen atoms in total. The first kappa shape index (κ1) is 13.3. The van der Waals surface area contributed by atoms with Gasteiger partial charge in [0.1, 0.15) is 11.2 Å². The molecule has 0 N–H and O–H groups in total. The summed E-state index contributed by atoms with van der Waals surface area (Å²) in [6.07, 6.45) is 0. The first-order valence-electron chi connectivity index (χ1n) is 7.46. The van der Waals surface area contributed by atoms with Gasteiger partial charge in [-0.05, 0) is 18.1 Å². The summed E-state index contributed by atoms with van der Waals surface area (Å²) in [5, 5.41) is 0. The molecule has 2 atom stereocenters. The Morgan fingerprint density at radius 1 is 1.00 bits per heavy atom. The van der Waals surface area contributed by atoms with E-state index in [0.717, 1.165) is 11.1 Å². The number of Topliss-reactive ketones (excluding diaryl/α,β-unsaturated/α-hetero) is 1. The first-order valence-corrected chi connectivity index (χ1v) is 7.46. The van der Waals surface area contributed by atoms with Crippen LogP contribution in [-0.2, 0) is 19.7 Å². The molecule has 22 heavy (non-hydrogen) atoms. The highest BCUT2D eigenvalue weighted by Crippen LogP contribution is 2.76. The molecule has 2 aromatic rings. The van der Waals surface area contributed by atoms with Crippen LogP contribution in [-0.4, -0.2) is 18.4 Å². The van der Waals surface area contributed by atoms with Crippen molar-refractivity contribution in [2.24, 2.45) is 11.3 Å². The molecule has 1 saturated heterocycles. The third kappa shape index (κ3) is 1.27. The highest BCUT2D eigenvalue weighted by atomic mass is 16.5. The van der Waals surface area contributed by atoms with E-state index in [-0.39, 0.29) is 17.7 Å². The summed E-state index contributed by atoms with van der Waals surface area (Å²) in [5.74, 6) is -0.597. The zero-order valence-corrected chi connectivity index (χ0v) is 12.3. The molecule has 2 unspecified atom stereocenters. The van der Waals surface area contributed by atoms with Gasteiger partial charge < -0.3 is 4.74 Å². The number of esters is 1. The van der Waals surface area contributed by atoms with Crippen molar-refractivity contribution in [2.45, 2.75) is 12.3 Å². The van der Waals surface area contributed by atoms with Gasteiger partial charge in [0.05, 0.1) is 12.0 Å². The number of ketones is 1. The van der Waals surface area contributed by atoms with E-state index in [2.05, 4.69) is 0 Å². The molecule has 2 fully saturated rings. The molecule has 1 aliphatic carbocycles. The van der Waals surface area contributed by atoms with E-state index in [9.17, 15) is 9.59 Å². The van der Waals surface area contributed by atoms with Crippen LogP contribution in [0.25, 0.3) is 0 Å². The van der Waals surface area contributed by atoms with E-state index in [1.807, 2.05) is 60.7 Å². The minimum Gasteiger partial charge on any atom is -0.464 e. The van der Waals surface area contributed by atoms with Gasteiger partial charge in [-0.2, -0.15) is 0 Å². The number of cyclic esters (lactones) is 1. The van der Waals surface area contributed by atoms with E-state index in [1.54, 1.807) is 0 Å². The Morgan fingerprint density at radius 3 is 1.91 bits per heavy atom. The van der Waals surface area contributed by atoms with Crippen LogP contribution in [0, 0.1) is 11.3 Å². The van der Waals surface area contributed by atoms with Crippen LogP contribution in [0.5, 0.6) is 0 Å². The maximum Gasteiger partial charge on any atom is 0.321 e. The summed E-state index contributed by atoms with van der Waals surface area (Å²) >= 11 is 0. The highest BCUT2D eigenvalue weighted by Gasteiger charge is 2.87. The number of hydrogen-bond acceptors (Lipinski definition) is 3. The van der Waals surface area contributed by atoms with Crippen LogP contribution in [0.4, 0.5) is 0 Å². The van der Waals surface area contributed by atoms with Crippen LogP contribution in [0.1, 0.15) is 18.1 Å². The molecule has 2 aromatic carbocycles. The van der Waals surface area contributed by atoms with Gasteiger partial charge in [-0.1, -0.05) is 60.7 Å². The predicted molar refractivity (Wildman–Crippen MR) is 81.2 cm³/mol. The Kier molecular flexibility index (Phi) is 2.59. The number of fused-ring (bicyclic) bond motifs is 1. The predicted octanol–water partition coefficient (Wildman–Crippen LogP) is 2.73. The number of rotatable bonds is 3. The van der Waals surface area contributed by atoms with E-state index in [0.29, 0.717) is 6.61 Å². The van der Waals surface area contributed by atoms with Crippen molar-refractivity contribution in [2.75, 3.05) is 6.61 Å². The maximum atomic E-state index is 12.5. The number of benzene rings is 2. The topological polar surface area (TPSA) is 43.4 Å². The fourth-order valence-electron chi connectivity index (χ4n) is 4.47. The molecule has 3 heteroatoms. The lowest BCUT2D eigenvalue weighted by Crippen LogP contribution is -2.34. The fraction of sp³-hybridized carbons (Fsp3) is 0.263. The van der Waals surface area contributed by atoms with E-state index >= 15 is 0 Å². The summed E-state index contributed by atoms with van der Waals surface area (Å²) in [6, 6.07) is 19.7. The van der Waals surface area contributed by atoms with E-state index in [4.69, 9.17) is 4.74 Å². The van der Waals surface area contributed by atoms with Crippen LogP contribution in [0.2, 0.25) is 0 Å². The number of hydrogen-bond donors (Lipinski definition) is 0. The summed E-state index contributed by atoms with van der Waals surface area (Å²) < 4.78 is 5.22. The molecule has 0 amide bonds. The zero-order chi connectivity index (χ0) is 15.4. The second-order valence-corrected chi connectivity index (χ2v) is 6.06. The van der Waals surface area contributed by atoms with Crippen LogP contribution >= 0.6 is 0 Å². The van der Waals surface area contributed by atoms with Gasteiger partial charge in [0.15, 0.2) is 0 Å². The summed E-state index contributed by atoms with van der Waals surface area (Å²) in [6.45, 7) is 1.81. The smallest absolute Gasteiger partial charge is 0.321 e. The van der Waals surface area contributed by atoms with Crippen molar-refractivity contribution in [3.05, 3.63) is 71.8 Å². The van der Waals surface area contributed by atoms with Crippen molar-refractivity contribution in [1.82, 2.24) is 0 Å². The van der Waals surface area contributed by atoms with Gasteiger partial charge in [-0.3, -0.25) is 9.59 Å². The van der Waals surface area contributed by atoms with Gasteiger partial charge in [0, 0.05) is 5.92 Å². The number of ether oxygens (including phenoxy) is 1. The quantitative estimate of drug-likeness (QED) is 0.645. The molecule has 0 spiro atoms. The second-order valence-electron chi connectivity index (χ2n) is 6.06.